The number of anilines is 2. The number of para-hydroxylation sites is 1. The molecule has 0 saturated heterocycles. The summed E-state index contributed by atoms with van der Waals surface area (Å²) in [4.78, 5) is 15.4. The Kier molecular flexibility index (Phi) is 3.79. The van der Waals surface area contributed by atoms with Crippen molar-refractivity contribution in [3.8, 4) is 0 Å². The van der Waals surface area contributed by atoms with Crippen molar-refractivity contribution in [1.82, 2.24) is 4.98 Å². The Bertz CT molecular complexity index is 558. The van der Waals surface area contributed by atoms with Crippen LogP contribution < -0.4 is 5.32 Å². The van der Waals surface area contributed by atoms with E-state index in [1.165, 1.54) is 19.4 Å². The molecule has 0 bridgehead atoms. The monoisotopic (exact) mass is 262 g/mol. The van der Waals surface area contributed by atoms with Crippen molar-refractivity contribution in [3.63, 3.8) is 0 Å². The van der Waals surface area contributed by atoms with E-state index in [4.69, 9.17) is 11.6 Å². The lowest BCUT2D eigenvalue weighted by Gasteiger charge is -2.08. The predicted octanol–water partition coefficient (Wildman–Crippen LogP) is 3.27. The molecule has 92 valence electrons. The van der Waals surface area contributed by atoms with Gasteiger partial charge in [0.05, 0.1) is 17.7 Å². The van der Waals surface area contributed by atoms with Crippen molar-refractivity contribution in [2.45, 2.75) is 0 Å². The number of benzene rings is 1. The van der Waals surface area contributed by atoms with E-state index in [0.717, 1.165) is 5.69 Å². The fourth-order valence-corrected chi connectivity index (χ4v) is 1.63. The summed E-state index contributed by atoms with van der Waals surface area (Å²) >= 11 is 6.05. The van der Waals surface area contributed by atoms with Crippen molar-refractivity contribution in [1.29, 1.82) is 0 Å². The van der Waals surface area contributed by atoms with Gasteiger partial charge in [-0.2, -0.15) is 0 Å². The van der Waals surface area contributed by atoms with Crippen LogP contribution in [-0.2, 0) is 4.74 Å². The maximum atomic E-state index is 11.3. The van der Waals surface area contributed by atoms with Crippen molar-refractivity contribution in [3.05, 3.63) is 53.2 Å². The molecule has 0 saturated carbocycles. The number of carbonyl (C=O) groups excluding carboxylic acids is 1. The lowest BCUT2D eigenvalue weighted by atomic mass is 10.2. The molecule has 0 fully saturated rings. The van der Waals surface area contributed by atoms with Crippen LogP contribution >= 0.6 is 11.6 Å². The third-order valence-electron chi connectivity index (χ3n) is 2.30. The fraction of sp³-hybridized carbons (Fsp3) is 0.0769. The van der Waals surface area contributed by atoms with Gasteiger partial charge in [0.25, 0.3) is 0 Å². The number of methoxy groups -OCH3 is 1. The Hall–Kier alpha value is -2.07. The van der Waals surface area contributed by atoms with Gasteiger partial charge in [0.1, 0.15) is 5.82 Å². The van der Waals surface area contributed by atoms with Gasteiger partial charge in [-0.1, -0.05) is 29.8 Å². The van der Waals surface area contributed by atoms with E-state index in [1.54, 1.807) is 0 Å². The lowest BCUT2D eigenvalue weighted by molar-refractivity contribution is 0.0600. The first kappa shape index (κ1) is 12.4. The highest BCUT2D eigenvalue weighted by molar-refractivity contribution is 6.33. The maximum Gasteiger partial charge on any atom is 0.339 e. The molecule has 4 nitrogen and oxygen atoms in total. The van der Waals surface area contributed by atoms with Crippen LogP contribution in [0.5, 0.6) is 0 Å². The van der Waals surface area contributed by atoms with Gasteiger partial charge >= 0.3 is 5.97 Å². The molecule has 5 heteroatoms. The minimum atomic E-state index is -0.462. The third kappa shape index (κ3) is 2.78. The van der Waals surface area contributed by atoms with Crippen LogP contribution in [0.1, 0.15) is 10.4 Å². The molecule has 1 aromatic heterocycles. The van der Waals surface area contributed by atoms with E-state index < -0.39 is 5.97 Å². The number of rotatable bonds is 3. The molecule has 1 aromatic carbocycles. The second-order valence-electron chi connectivity index (χ2n) is 3.54. The average Bonchev–Trinajstić information content (AvgIpc) is 2.41. The van der Waals surface area contributed by atoms with Crippen molar-refractivity contribution in [2.75, 3.05) is 12.4 Å². The minimum Gasteiger partial charge on any atom is -0.465 e. The van der Waals surface area contributed by atoms with E-state index in [9.17, 15) is 4.79 Å². The topological polar surface area (TPSA) is 51.2 Å². The van der Waals surface area contributed by atoms with Crippen molar-refractivity contribution < 1.29 is 9.53 Å². The third-order valence-corrected chi connectivity index (χ3v) is 2.59. The van der Waals surface area contributed by atoms with Gasteiger partial charge in [0, 0.05) is 11.9 Å². The summed E-state index contributed by atoms with van der Waals surface area (Å²) in [5, 5.41) is 3.42. The second kappa shape index (κ2) is 5.51. The van der Waals surface area contributed by atoms with E-state index in [-0.39, 0.29) is 0 Å². The van der Waals surface area contributed by atoms with Crippen LogP contribution in [0.3, 0.4) is 0 Å². The minimum absolute atomic E-state index is 0.320. The van der Waals surface area contributed by atoms with Crippen LogP contribution in [0.15, 0.2) is 42.6 Å². The molecule has 2 rings (SSSR count). The molecule has 0 aliphatic rings. The highest BCUT2D eigenvalue weighted by Crippen LogP contribution is 2.23. The highest BCUT2D eigenvalue weighted by atomic mass is 35.5. The predicted molar refractivity (Wildman–Crippen MR) is 70.3 cm³/mol. The van der Waals surface area contributed by atoms with Crippen LogP contribution in [0.4, 0.5) is 11.5 Å². The number of ether oxygens (including phenoxy) is 1. The largest absolute Gasteiger partial charge is 0.465 e. The molecule has 0 aliphatic carbocycles. The number of hydrogen-bond donors (Lipinski definition) is 1. The molecule has 1 heterocycles. The van der Waals surface area contributed by atoms with Crippen LogP contribution in [0.25, 0.3) is 0 Å². The molecule has 0 spiro atoms. The number of esters is 1. The Labute approximate surface area is 110 Å². The zero-order chi connectivity index (χ0) is 13.0. The lowest BCUT2D eigenvalue weighted by Crippen LogP contribution is -2.03. The van der Waals surface area contributed by atoms with Crippen molar-refractivity contribution >= 4 is 29.1 Å². The van der Waals surface area contributed by atoms with Crippen molar-refractivity contribution in [2.24, 2.45) is 0 Å². The number of carbonyl (C=O) groups is 1. The Morgan fingerprint density at radius 3 is 2.67 bits per heavy atom. The molecule has 0 radical (unpaired) electrons. The summed E-state index contributed by atoms with van der Waals surface area (Å²) in [6.07, 6.45) is 1.42. The van der Waals surface area contributed by atoms with E-state index >= 15 is 0 Å². The summed E-state index contributed by atoms with van der Waals surface area (Å²) in [6, 6.07) is 11.0. The van der Waals surface area contributed by atoms with Gasteiger partial charge in [-0.05, 0) is 18.2 Å². The molecule has 0 aliphatic heterocycles. The first-order chi connectivity index (χ1) is 8.70. The molecule has 0 unspecified atom stereocenters. The number of nitrogens with one attached hydrogen (secondary N) is 1. The fourth-order valence-electron chi connectivity index (χ4n) is 1.42. The number of pyridine rings is 1. The first-order valence-electron chi connectivity index (χ1n) is 5.26. The SMILES string of the molecule is COC(=O)c1cnc(Nc2ccccc2)c(Cl)c1. The second-order valence-corrected chi connectivity index (χ2v) is 3.94. The molecule has 18 heavy (non-hydrogen) atoms. The highest BCUT2D eigenvalue weighted by Gasteiger charge is 2.09. The maximum absolute atomic E-state index is 11.3. The molecule has 2 aromatic rings. The molecular weight excluding hydrogens is 252 g/mol. The zero-order valence-corrected chi connectivity index (χ0v) is 10.4. The molecule has 0 atom stereocenters. The van der Waals surface area contributed by atoms with Gasteiger partial charge in [-0.25, -0.2) is 9.78 Å². The smallest absolute Gasteiger partial charge is 0.339 e. The Morgan fingerprint density at radius 2 is 2.06 bits per heavy atom. The molecule has 0 amide bonds. The van der Waals surface area contributed by atoms with Crippen LogP contribution in [0, 0.1) is 0 Å². The van der Waals surface area contributed by atoms with Crippen LogP contribution in [-0.4, -0.2) is 18.1 Å². The van der Waals surface area contributed by atoms with E-state index in [1.807, 2.05) is 30.3 Å². The van der Waals surface area contributed by atoms with Gasteiger partial charge in [-0.3, -0.25) is 0 Å². The van der Waals surface area contributed by atoms with Gasteiger partial charge in [0.15, 0.2) is 0 Å². The summed E-state index contributed by atoms with van der Waals surface area (Å²) in [5.74, 6) is 0.0335. The normalized spacial score (nSPS) is 9.89. The first-order valence-corrected chi connectivity index (χ1v) is 5.64. The quantitative estimate of drug-likeness (QED) is 0.863. The summed E-state index contributed by atoms with van der Waals surface area (Å²) in [5.41, 5.74) is 1.19. The number of nitrogens with zero attached hydrogens (tertiary/aromatic N) is 1. The summed E-state index contributed by atoms with van der Waals surface area (Å²) in [6.45, 7) is 0. The van der Waals surface area contributed by atoms with Gasteiger partial charge < -0.3 is 10.1 Å². The Morgan fingerprint density at radius 1 is 1.33 bits per heavy atom. The summed E-state index contributed by atoms with van der Waals surface area (Å²) < 4.78 is 4.59. The Balaban J connectivity index is 2.23. The average molecular weight is 263 g/mol. The van der Waals surface area contributed by atoms with E-state index in [2.05, 4.69) is 15.0 Å². The number of hydrogen-bond acceptors (Lipinski definition) is 4. The molecular formula is C13H11ClN2O2. The van der Waals surface area contributed by atoms with Crippen LogP contribution in [0.2, 0.25) is 5.02 Å². The number of halogens is 1. The molecule has 1 N–H and O–H groups in total. The van der Waals surface area contributed by atoms with E-state index in [0.29, 0.717) is 16.4 Å². The standard InChI is InChI=1S/C13H11ClN2O2/c1-18-13(17)9-7-11(14)12(15-8-9)16-10-5-3-2-4-6-10/h2-8H,1H3,(H,15,16). The van der Waals surface area contributed by atoms with Gasteiger partial charge in [-0.15, -0.1) is 0 Å². The summed E-state index contributed by atoms with van der Waals surface area (Å²) in [7, 11) is 1.31. The van der Waals surface area contributed by atoms with Gasteiger partial charge in [0.2, 0.25) is 0 Å². The zero-order valence-electron chi connectivity index (χ0n) is 9.68. The number of aromatic nitrogens is 1.